The van der Waals surface area contributed by atoms with Crippen LogP contribution in [0.2, 0.25) is 0 Å². The zero-order chi connectivity index (χ0) is 55.7. The van der Waals surface area contributed by atoms with Crippen molar-refractivity contribution in [2.45, 2.75) is 374 Å². The Bertz CT molecular complexity index is 1330. The van der Waals surface area contributed by atoms with Gasteiger partial charge in [0.2, 0.25) is 0 Å². The molecule has 0 aliphatic heterocycles. The van der Waals surface area contributed by atoms with Crippen LogP contribution in [0.25, 0.3) is 0 Å². The number of hydrogen-bond acceptors (Lipinski definition) is 6. The van der Waals surface area contributed by atoms with Gasteiger partial charge >= 0.3 is 17.9 Å². The maximum Gasteiger partial charge on any atom is 0.306 e. The van der Waals surface area contributed by atoms with Gasteiger partial charge in [-0.3, -0.25) is 14.4 Å². The Balaban J connectivity index is 4.05. The third-order valence-electron chi connectivity index (χ3n) is 15.3. The van der Waals surface area contributed by atoms with Gasteiger partial charge < -0.3 is 14.2 Å². The summed E-state index contributed by atoms with van der Waals surface area (Å²) in [4.78, 5) is 38.2. The molecule has 0 aromatic heterocycles. The second kappa shape index (κ2) is 65.9. The molecule has 0 rings (SSSR count). The summed E-state index contributed by atoms with van der Waals surface area (Å²) in [6.45, 7) is 6.60. The molecule has 0 fully saturated rings. The van der Waals surface area contributed by atoms with Crippen molar-refractivity contribution in [3.8, 4) is 0 Å². The molecule has 6 nitrogen and oxygen atoms in total. The van der Waals surface area contributed by atoms with E-state index in [1.54, 1.807) is 0 Å². The number of esters is 3. The van der Waals surface area contributed by atoms with E-state index < -0.39 is 6.10 Å². The zero-order valence-electron chi connectivity index (χ0n) is 51.7. The van der Waals surface area contributed by atoms with E-state index in [9.17, 15) is 14.4 Å². The van der Waals surface area contributed by atoms with E-state index in [0.29, 0.717) is 19.3 Å². The van der Waals surface area contributed by atoms with E-state index in [4.69, 9.17) is 14.2 Å². The maximum absolute atomic E-state index is 12.9. The highest BCUT2D eigenvalue weighted by Crippen LogP contribution is 2.18. The summed E-state index contributed by atoms with van der Waals surface area (Å²) in [5.74, 6) is -0.875. The quantitative estimate of drug-likeness (QED) is 0.0261. The predicted octanol–water partition coefficient (Wildman–Crippen LogP) is 23.3. The van der Waals surface area contributed by atoms with Crippen molar-refractivity contribution in [1.82, 2.24) is 0 Å². The summed E-state index contributed by atoms with van der Waals surface area (Å²) >= 11 is 0. The fourth-order valence-electron chi connectivity index (χ4n) is 10.1. The molecule has 0 amide bonds. The Morgan fingerprint density at radius 2 is 0.494 bits per heavy atom. The smallest absolute Gasteiger partial charge is 0.306 e. The minimum Gasteiger partial charge on any atom is -0.462 e. The molecule has 0 aromatic rings. The normalized spacial score (nSPS) is 12.3. The van der Waals surface area contributed by atoms with Gasteiger partial charge in [-0.2, -0.15) is 0 Å². The van der Waals surface area contributed by atoms with Crippen LogP contribution in [0.5, 0.6) is 0 Å². The molecule has 1 atom stereocenters. The first kappa shape index (κ1) is 74.4. The lowest BCUT2D eigenvalue weighted by Crippen LogP contribution is -2.30. The average Bonchev–Trinajstić information content (AvgIpc) is 3.43. The second-order valence-corrected chi connectivity index (χ2v) is 23.1. The summed E-state index contributed by atoms with van der Waals surface area (Å²) < 4.78 is 16.9. The summed E-state index contributed by atoms with van der Waals surface area (Å²) in [7, 11) is 0. The van der Waals surface area contributed by atoms with Crippen molar-refractivity contribution in [1.29, 1.82) is 0 Å². The van der Waals surface area contributed by atoms with E-state index >= 15 is 0 Å². The molecule has 0 N–H and O–H groups in total. The van der Waals surface area contributed by atoms with E-state index in [1.165, 1.54) is 244 Å². The van der Waals surface area contributed by atoms with Crippen LogP contribution in [0.4, 0.5) is 0 Å². The number of rotatable bonds is 63. The molecule has 0 spiro atoms. The summed E-state index contributed by atoms with van der Waals surface area (Å²) in [6, 6.07) is 0. The average molecular weight is 1080 g/mol. The number of ether oxygens (including phenoxy) is 3. The maximum atomic E-state index is 12.9. The zero-order valence-corrected chi connectivity index (χ0v) is 51.7. The highest BCUT2D eigenvalue weighted by atomic mass is 16.6. The SMILES string of the molecule is CCC/C=C\CCCCCCCC(=O)OCC(COC(=O)CCCCCCCCCCCCCCCCCCCCCCC/C=C\C/C=C\CCCCCCC)OC(=O)CCCCCCC/C=C\CCCCCCCCC. The molecular weight excluding hydrogens is 949 g/mol. The van der Waals surface area contributed by atoms with Crippen molar-refractivity contribution >= 4 is 17.9 Å². The molecule has 0 aliphatic carbocycles. The molecule has 0 saturated heterocycles. The monoisotopic (exact) mass is 1080 g/mol. The highest BCUT2D eigenvalue weighted by Gasteiger charge is 2.19. The summed E-state index contributed by atoms with van der Waals surface area (Å²) in [5, 5.41) is 0. The lowest BCUT2D eigenvalue weighted by Gasteiger charge is -2.18. The van der Waals surface area contributed by atoms with E-state index in [0.717, 1.165) is 83.5 Å². The van der Waals surface area contributed by atoms with Crippen LogP contribution >= 0.6 is 0 Å². The van der Waals surface area contributed by atoms with Gasteiger partial charge in [-0.25, -0.2) is 0 Å². The Kier molecular flexibility index (Phi) is 63.6. The Hall–Kier alpha value is -2.63. The standard InChI is InChI=1S/C71H130O6/c1-4-7-10-13-16-19-22-24-26-28-29-30-31-32-33-34-35-36-37-38-39-40-41-42-43-44-46-47-49-52-55-58-61-64-70(73)76-67-68(66-75-69(72)63-60-57-54-51-21-18-15-12-9-6-3)77-71(74)65-62-59-56-53-50-48-45-27-25-23-20-17-14-11-8-5-2/h12,15,22,24,27-29,45,68H,4-11,13-14,16-21,23,25-26,30-44,46-67H2,1-3H3/b15-12-,24-22-,29-28-,45-27-. The van der Waals surface area contributed by atoms with Crippen molar-refractivity contribution in [2.75, 3.05) is 13.2 Å². The van der Waals surface area contributed by atoms with Crippen molar-refractivity contribution < 1.29 is 28.6 Å². The summed E-state index contributed by atoms with van der Waals surface area (Å²) in [6.07, 6.45) is 83.0. The van der Waals surface area contributed by atoms with Gasteiger partial charge in [0.15, 0.2) is 6.10 Å². The van der Waals surface area contributed by atoms with Gasteiger partial charge in [-0.1, -0.05) is 301 Å². The van der Waals surface area contributed by atoms with Gasteiger partial charge in [0.25, 0.3) is 0 Å². The number of unbranched alkanes of at least 4 members (excludes halogenated alkanes) is 44. The molecule has 6 heteroatoms. The molecule has 0 heterocycles. The van der Waals surface area contributed by atoms with Crippen molar-refractivity contribution in [3.05, 3.63) is 48.6 Å². The van der Waals surface area contributed by atoms with Crippen LogP contribution in [-0.4, -0.2) is 37.2 Å². The number of hydrogen-bond donors (Lipinski definition) is 0. The fraction of sp³-hybridized carbons (Fsp3) is 0.845. The number of carbonyl (C=O) groups excluding carboxylic acids is 3. The molecule has 0 aromatic carbocycles. The van der Waals surface area contributed by atoms with Crippen LogP contribution in [-0.2, 0) is 28.6 Å². The van der Waals surface area contributed by atoms with Gasteiger partial charge in [-0.05, 0) is 96.3 Å². The first-order valence-electron chi connectivity index (χ1n) is 34.1. The summed E-state index contributed by atoms with van der Waals surface area (Å²) in [5.41, 5.74) is 0. The Morgan fingerprint density at radius 1 is 0.260 bits per heavy atom. The van der Waals surface area contributed by atoms with E-state index in [2.05, 4.69) is 69.4 Å². The highest BCUT2D eigenvalue weighted by molar-refractivity contribution is 5.71. The number of allylic oxidation sites excluding steroid dienone is 8. The van der Waals surface area contributed by atoms with Crippen LogP contribution in [0.1, 0.15) is 367 Å². The lowest BCUT2D eigenvalue weighted by molar-refractivity contribution is -0.167. The van der Waals surface area contributed by atoms with Gasteiger partial charge in [-0.15, -0.1) is 0 Å². The minimum absolute atomic E-state index is 0.0751. The van der Waals surface area contributed by atoms with Crippen molar-refractivity contribution in [2.24, 2.45) is 0 Å². The van der Waals surface area contributed by atoms with Gasteiger partial charge in [0.05, 0.1) is 0 Å². The number of carbonyl (C=O) groups is 3. The predicted molar refractivity (Wildman–Crippen MR) is 335 cm³/mol. The Labute approximate surface area is 479 Å². The van der Waals surface area contributed by atoms with Crippen LogP contribution in [0, 0.1) is 0 Å². The molecule has 0 saturated carbocycles. The molecule has 0 aliphatic rings. The largest absolute Gasteiger partial charge is 0.462 e. The minimum atomic E-state index is -0.778. The van der Waals surface area contributed by atoms with Crippen LogP contribution < -0.4 is 0 Å². The molecular formula is C71H130O6. The first-order chi connectivity index (χ1) is 38.0. The molecule has 77 heavy (non-hydrogen) atoms. The van der Waals surface area contributed by atoms with E-state index in [-0.39, 0.29) is 31.1 Å². The molecule has 1 unspecified atom stereocenters. The van der Waals surface area contributed by atoms with Gasteiger partial charge in [0.1, 0.15) is 13.2 Å². The fourth-order valence-corrected chi connectivity index (χ4v) is 10.1. The van der Waals surface area contributed by atoms with E-state index in [1.807, 2.05) is 0 Å². The van der Waals surface area contributed by atoms with Crippen molar-refractivity contribution in [3.63, 3.8) is 0 Å². The van der Waals surface area contributed by atoms with Crippen LogP contribution in [0.15, 0.2) is 48.6 Å². The third kappa shape index (κ3) is 64.1. The molecule has 0 bridgehead atoms. The lowest BCUT2D eigenvalue weighted by atomic mass is 10.0. The van der Waals surface area contributed by atoms with Crippen LogP contribution in [0.3, 0.4) is 0 Å². The Morgan fingerprint density at radius 3 is 0.779 bits per heavy atom. The topological polar surface area (TPSA) is 78.9 Å². The second-order valence-electron chi connectivity index (χ2n) is 23.1. The first-order valence-corrected chi connectivity index (χ1v) is 34.1. The molecule has 450 valence electrons. The third-order valence-corrected chi connectivity index (χ3v) is 15.3. The molecule has 0 radical (unpaired) electrons. The van der Waals surface area contributed by atoms with Gasteiger partial charge in [0, 0.05) is 19.3 Å².